The van der Waals surface area contributed by atoms with Gasteiger partial charge in [0.05, 0.1) is 49.8 Å². The molecule has 0 aromatic rings. The second kappa shape index (κ2) is 16.4. The molecule has 2 heterocycles. The van der Waals surface area contributed by atoms with E-state index in [4.69, 9.17) is 23.7 Å². The zero-order valence-corrected chi connectivity index (χ0v) is 32.8. The maximum Gasteiger partial charge on any atom is 0.187 e. The molecule has 2 saturated heterocycles. The fourth-order valence-corrected chi connectivity index (χ4v) is 12.2. The van der Waals surface area contributed by atoms with Crippen LogP contribution in [0.3, 0.4) is 0 Å². The van der Waals surface area contributed by atoms with Crippen LogP contribution in [0.2, 0.25) is 0 Å². The van der Waals surface area contributed by atoms with Crippen LogP contribution in [0.1, 0.15) is 86.0 Å². The smallest absolute Gasteiger partial charge is 0.187 e. The summed E-state index contributed by atoms with van der Waals surface area (Å²) in [6, 6.07) is 0. The highest BCUT2D eigenvalue weighted by atomic mass is 16.7. The van der Waals surface area contributed by atoms with Gasteiger partial charge in [0, 0.05) is 19.4 Å². The molecule has 0 amide bonds. The summed E-state index contributed by atoms with van der Waals surface area (Å²) in [5, 5.41) is 98.4. The van der Waals surface area contributed by atoms with Crippen molar-refractivity contribution in [1.82, 2.24) is 0 Å². The van der Waals surface area contributed by atoms with Crippen LogP contribution in [0.15, 0.2) is 11.6 Å². The fraction of sp³-hybridized carbons (Fsp3) is 0.950. The zero-order valence-electron chi connectivity index (χ0n) is 32.8. The zero-order chi connectivity index (χ0) is 39.5. The Labute approximate surface area is 319 Å². The third kappa shape index (κ3) is 7.38. The quantitative estimate of drug-likeness (QED) is 0.117. The molecular weight excluding hydrogens is 704 g/mol. The van der Waals surface area contributed by atoms with Crippen LogP contribution in [-0.2, 0) is 23.7 Å². The molecule has 2 unspecified atom stereocenters. The van der Waals surface area contributed by atoms with Crippen molar-refractivity contribution in [3.8, 4) is 0 Å². The van der Waals surface area contributed by atoms with E-state index < -0.39 is 103 Å². The van der Waals surface area contributed by atoms with Crippen molar-refractivity contribution in [3.05, 3.63) is 11.6 Å². The highest BCUT2D eigenvalue weighted by Gasteiger charge is 2.72. The van der Waals surface area contributed by atoms with Crippen molar-refractivity contribution < 1.29 is 69.6 Å². The Kier molecular flexibility index (Phi) is 13.0. The monoisotopic (exact) mass is 772 g/mol. The van der Waals surface area contributed by atoms with Crippen molar-refractivity contribution in [2.24, 2.45) is 46.3 Å². The van der Waals surface area contributed by atoms with Gasteiger partial charge in [-0.3, -0.25) is 0 Å². The maximum atomic E-state index is 12.8. The predicted octanol–water partition coefficient (Wildman–Crippen LogP) is 0.605. The lowest BCUT2D eigenvalue weighted by molar-refractivity contribution is -0.285. The molecule has 9 N–H and O–H groups in total. The Morgan fingerprint density at radius 1 is 0.870 bits per heavy atom. The summed E-state index contributed by atoms with van der Waals surface area (Å²) < 4.78 is 28.6. The molecule has 6 rings (SSSR count). The first kappa shape index (κ1) is 42.8. The Hall–Kier alpha value is -0.820. The van der Waals surface area contributed by atoms with Gasteiger partial charge < -0.3 is 69.6 Å². The number of aliphatic hydroxyl groups is 9. The highest BCUT2D eigenvalue weighted by molar-refractivity contribution is 5.33. The molecule has 3 saturated carbocycles. The Morgan fingerprint density at radius 3 is 2.24 bits per heavy atom. The molecule has 0 radical (unpaired) electrons. The average molecular weight is 773 g/mol. The first-order valence-electron chi connectivity index (χ1n) is 20.3. The van der Waals surface area contributed by atoms with Crippen LogP contribution in [0, 0.1) is 46.3 Å². The lowest BCUT2D eigenvalue weighted by atomic mass is 9.43. The predicted molar refractivity (Wildman–Crippen MR) is 193 cm³/mol. The molecule has 0 spiro atoms. The number of hydrogen-bond donors (Lipinski definition) is 9. The number of methoxy groups -OCH3 is 1. The highest BCUT2D eigenvalue weighted by Crippen LogP contribution is 2.69. The Balaban J connectivity index is 1.12. The molecule has 0 aromatic heterocycles. The van der Waals surface area contributed by atoms with Gasteiger partial charge in [0.25, 0.3) is 0 Å². The molecule has 14 heteroatoms. The molecule has 0 bridgehead atoms. The van der Waals surface area contributed by atoms with Crippen molar-refractivity contribution in [1.29, 1.82) is 0 Å². The first-order chi connectivity index (χ1) is 25.4. The van der Waals surface area contributed by atoms with Gasteiger partial charge in [-0.15, -0.1) is 0 Å². The van der Waals surface area contributed by atoms with Gasteiger partial charge in [-0.2, -0.15) is 0 Å². The number of ether oxygens (including phenoxy) is 5. The summed E-state index contributed by atoms with van der Waals surface area (Å²) >= 11 is 0. The third-order valence-corrected chi connectivity index (χ3v) is 15.1. The number of fused-ring (bicyclic) bond motifs is 5. The second-order valence-corrected chi connectivity index (χ2v) is 18.4. The van der Waals surface area contributed by atoms with Gasteiger partial charge >= 0.3 is 0 Å². The molecular formula is C40H68O14. The summed E-state index contributed by atoms with van der Waals surface area (Å²) in [6.45, 7) is 10.4. The topological polar surface area (TPSA) is 228 Å². The number of rotatable bonds is 13. The molecule has 2 aliphatic heterocycles. The van der Waals surface area contributed by atoms with E-state index in [9.17, 15) is 46.0 Å². The van der Waals surface area contributed by atoms with E-state index in [1.165, 1.54) is 7.11 Å². The molecule has 14 nitrogen and oxygen atoms in total. The van der Waals surface area contributed by atoms with Gasteiger partial charge in [-0.25, -0.2) is 0 Å². The summed E-state index contributed by atoms with van der Waals surface area (Å²) in [4.78, 5) is 0. The third-order valence-electron chi connectivity index (χ3n) is 15.1. The lowest BCUT2D eigenvalue weighted by Crippen LogP contribution is -2.66. The van der Waals surface area contributed by atoms with E-state index in [0.717, 1.165) is 18.4 Å². The van der Waals surface area contributed by atoms with E-state index in [1.54, 1.807) is 0 Å². The molecule has 4 aliphatic carbocycles. The van der Waals surface area contributed by atoms with E-state index in [2.05, 4.69) is 34.6 Å². The minimum atomic E-state index is -1.41. The van der Waals surface area contributed by atoms with Crippen molar-refractivity contribution >= 4 is 0 Å². The van der Waals surface area contributed by atoms with E-state index >= 15 is 0 Å². The minimum absolute atomic E-state index is 0.0251. The van der Waals surface area contributed by atoms with Crippen LogP contribution in [0.5, 0.6) is 0 Å². The molecule has 5 fully saturated rings. The summed E-state index contributed by atoms with van der Waals surface area (Å²) in [7, 11) is 1.42. The van der Waals surface area contributed by atoms with Gasteiger partial charge in [-0.1, -0.05) is 47.1 Å². The normalized spacial score (nSPS) is 50.3. The van der Waals surface area contributed by atoms with Gasteiger partial charge in [0.15, 0.2) is 12.6 Å². The van der Waals surface area contributed by atoms with E-state index in [1.807, 2.05) is 6.08 Å². The van der Waals surface area contributed by atoms with Crippen LogP contribution in [0.25, 0.3) is 0 Å². The van der Waals surface area contributed by atoms with Gasteiger partial charge in [-0.05, 0) is 84.5 Å². The average Bonchev–Trinajstić information content (AvgIpc) is 3.51. The van der Waals surface area contributed by atoms with Crippen molar-refractivity contribution in [2.45, 2.75) is 165 Å². The molecule has 54 heavy (non-hydrogen) atoms. The van der Waals surface area contributed by atoms with Crippen LogP contribution >= 0.6 is 0 Å². The number of aliphatic hydroxyl groups excluding tert-OH is 8. The lowest BCUT2D eigenvalue weighted by Gasteiger charge is -2.64. The molecule has 6 aliphatic rings. The Morgan fingerprint density at radius 2 is 1.59 bits per heavy atom. The molecule has 312 valence electrons. The van der Waals surface area contributed by atoms with Gasteiger partial charge in [0.1, 0.15) is 36.6 Å². The largest absolute Gasteiger partial charge is 0.394 e. The maximum absolute atomic E-state index is 12.8. The summed E-state index contributed by atoms with van der Waals surface area (Å²) in [6.07, 6.45) is -5.12. The SMILES string of the molecule is CO[C@H]1[C@H](O[C@@H]2C=C3[C@H](O)C[C@]4(O)C(CC[C@@]5(C)C4[C@@H](O)[C@H](O)[C@@H]5[C@H](C)CC[C@H](CCO[C@@H]4O[C@@H](CO)[C@H](O)[C@H]4O)C(C)C)[C@@]3(C)CC2)OC[C@@H](O)[C@@H]1O. The fourth-order valence-electron chi connectivity index (χ4n) is 12.2. The molecule has 20 atom stereocenters. The van der Waals surface area contributed by atoms with Crippen molar-refractivity contribution in [2.75, 3.05) is 26.9 Å². The standard InChI is InChI=1S/C40H68O14/c1-19(2)21(11-14-51-36-33(48)30(45)26(17-41)54-36)8-7-20(3)28-31(46)32(47)35-39(28,5)13-10-27-38(4)12-9-22(15-23(38)24(42)16-40(27,35)49)53-37-34(50-6)29(44)25(43)18-52-37/h15,19-22,24-37,41-49H,7-14,16-18H2,1-6H3/t20-,21-,22+,24-,25-,26+,27?,28+,29+,30+,31-,32+,33-,34-,35?,36-,37+,38+,39-,40+/m1/s1. The Bertz CT molecular complexity index is 1300. The number of hydrogen-bond acceptors (Lipinski definition) is 14. The van der Waals surface area contributed by atoms with Crippen LogP contribution < -0.4 is 0 Å². The summed E-state index contributed by atoms with van der Waals surface area (Å²) in [5.41, 5.74) is -1.77. The van der Waals surface area contributed by atoms with E-state index in [0.29, 0.717) is 44.6 Å². The first-order valence-corrected chi connectivity index (χ1v) is 20.3. The van der Waals surface area contributed by atoms with Crippen LogP contribution in [-0.4, -0.2) is 152 Å². The minimum Gasteiger partial charge on any atom is -0.394 e. The summed E-state index contributed by atoms with van der Waals surface area (Å²) in [5.74, 6) is -0.550. The van der Waals surface area contributed by atoms with Crippen molar-refractivity contribution in [3.63, 3.8) is 0 Å². The van der Waals surface area contributed by atoms with Gasteiger partial charge in [0.2, 0.25) is 0 Å². The van der Waals surface area contributed by atoms with Crippen LogP contribution in [0.4, 0.5) is 0 Å². The van der Waals surface area contributed by atoms with E-state index in [-0.39, 0.29) is 36.7 Å². The molecule has 0 aromatic carbocycles. The second-order valence-electron chi connectivity index (χ2n) is 18.4.